The lowest BCUT2D eigenvalue weighted by Gasteiger charge is -2.17. The zero-order valence-electron chi connectivity index (χ0n) is 15.4. The van der Waals surface area contributed by atoms with Crippen LogP contribution in [0.4, 0.5) is 4.39 Å². The Balaban J connectivity index is 1.38. The number of amides is 1. The van der Waals surface area contributed by atoms with Crippen LogP contribution in [-0.2, 0) is 11.3 Å². The molecule has 6 heteroatoms. The van der Waals surface area contributed by atoms with Crippen molar-refractivity contribution >= 4 is 5.91 Å². The minimum absolute atomic E-state index is 0.194. The number of benzene rings is 1. The highest BCUT2D eigenvalue weighted by Crippen LogP contribution is 2.21. The van der Waals surface area contributed by atoms with E-state index >= 15 is 0 Å². The molecule has 1 aromatic carbocycles. The van der Waals surface area contributed by atoms with Crippen LogP contribution >= 0.6 is 0 Å². The third-order valence-corrected chi connectivity index (χ3v) is 4.89. The Morgan fingerprint density at radius 1 is 1.31 bits per heavy atom. The smallest absolute Gasteiger partial charge is 0.224 e. The van der Waals surface area contributed by atoms with E-state index in [4.69, 9.17) is 4.74 Å². The maximum atomic E-state index is 12.9. The summed E-state index contributed by atoms with van der Waals surface area (Å²) >= 11 is 0. The number of ether oxygens (including phenoxy) is 1. The van der Waals surface area contributed by atoms with E-state index in [1.165, 1.54) is 12.1 Å². The van der Waals surface area contributed by atoms with Crippen molar-refractivity contribution in [3.05, 3.63) is 47.5 Å². The largest absolute Gasteiger partial charge is 0.494 e. The van der Waals surface area contributed by atoms with E-state index in [2.05, 4.69) is 5.10 Å². The van der Waals surface area contributed by atoms with Crippen molar-refractivity contribution < 1.29 is 13.9 Å². The van der Waals surface area contributed by atoms with Crippen LogP contribution in [0.5, 0.6) is 5.75 Å². The predicted molar refractivity (Wildman–Crippen MR) is 97.5 cm³/mol. The molecule has 2 heterocycles. The standard InChI is InChI=1S/C20H26FN3O2/c1-15-13-16(2)24(22-15)11-8-20(25)23-10-7-17(14-23)9-12-26-19-5-3-18(21)4-6-19/h3-6,13,17H,7-12,14H2,1-2H3. The van der Waals surface area contributed by atoms with Gasteiger partial charge in [0.25, 0.3) is 0 Å². The number of carbonyl (C=O) groups excluding carboxylic acids is 1. The third kappa shape index (κ3) is 4.84. The summed E-state index contributed by atoms with van der Waals surface area (Å²) in [5.74, 6) is 1.08. The zero-order valence-corrected chi connectivity index (χ0v) is 15.4. The van der Waals surface area contributed by atoms with E-state index in [-0.39, 0.29) is 11.7 Å². The monoisotopic (exact) mass is 359 g/mol. The lowest BCUT2D eigenvalue weighted by molar-refractivity contribution is -0.130. The fourth-order valence-corrected chi connectivity index (χ4v) is 3.43. The van der Waals surface area contributed by atoms with E-state index in [0.29, 0.717) is 31.2 Å². The molecule has 1 atom stereocenters. The molecule has 0 spiro atoms. The maximum absolute atomic E-state index is 12.9. The highest BCUT2D eigenvalue weighted by atomic mass is 19.1. The summed E-state index contributed by atoms with van der Waals surface area (Å²) < 4.78 is 20.4. The second kappa shape index (κ2) is 8.34. The molecular weight excluding hydrogens is 333 g/mol. The normalized spacial score (nSPS) is 16.9. The fourth-order valence-electron chi connectivity index (χ4n) is 3.43. The van der Waals surface area contributed by atoms with Crippen LogP contribution in [0.2, 0.25) is 0 Å². The van der Waals surface area contributed by atoms with Crippen LogP contribution in [0.1, 0.15) is 30.7 Å². The molecule has 26 heavy (non-hydrogen) atoms. The van der Waals surface area contributed by atoms with Gasteiger partial charge in [0.15, 0.2) is 0 Å². The molecule has 140 valence electrons. The van der Waals surface area contributed by atoms with Crippen molar-refractivity contribution in [2.24, 2.45) is 5.92 Å². The lowest BCUT2D eigenvalue weighted by atomic mass is 10.1. The van der Waals surface area contributed by atoms with Crippen LogP contribution in [0, 0.1) is 25.6 Å². The molecular formula is C20H26FN3O2. The van der Waals surface area contributed by atoms with Gasteiger partial charge in [0.05, 0.1) is 12.3 Å². The summed E-state index contributed by atoms with van der Waals surface area (Å²) in [4.78, 5) is 14.4. The van der Waals surface area contributed by atoms with Gasteiger partial charge >= 0.3 is 0 Å². The number of carbonyl (C=O) groups is 1. The van der Waals surface area contributed by atoms with Gasteiger partial charge in [-0.05, 0) is 62.9 Å². The maximum Gasteiger partial charge on any atom is 0.224 e. The van der Waals surface area contributed by atoms with E-state index in [1.54, 1.807) is 12.1 Å². The fraction of sp³-hybridized carbons (Fsp3) is 0.500. The van der Waals surface area contributed by atoms with Crippen LogP contribution in [0.3, 0.4) is 0 Å². The van der Waals surface area contributed by atoms with Gasteiger partial charge in [0.1, 0.15) is 11.6 Å². The van der Waals surface area contributed by atoms with E-state index in [1.807, 2.05) is 29.5 Å². The highest BCUT2D eigenvalue weighted by molar-refractivity contribution is 5.76. The summed E-state index contributed by atoms with van der Waals surface area (Å²) in [6.07, 6.45) is 2.40. The lowest BCUT2D eigenvalue weighted by Crippen LogP contribution is -2.29. The van der Waals surface area contributed by atoms with Crippen molar-refractivity contribution in [3.8, 4) is 5.75 Å². The van der Waals surface area contributed by atoms with Gasteiger partial charge in [-0.1, -0.05) is 0 Å². The van der Waals surface area contributed by atoms with Crippen LogP contribution < -0.4 is 4.74 Å². The van der Waals surface area contributed by atoms with Crippen LogP contribution in [0.15, 0.2) is 30.3 Å². The molecule has 0 N–H and O–H groups in total. The average molecular weight is 359 g/mol. The molecule has 2 aromatic rings. The Morgan fingerprint density at radius 2 is 2.08 bits per heavy atom. The molecule has 0 aliphatic carbocycles. The molecule has 1 aliphatic heterocycles. The molecule has 0 saturated carbocycles. The number of hydrogen-bond donors (Lipinski definition) is 0. The number of aromatic nitrogens is 2. The minimum Gasteiger partial charge on any atom is -0.494 e. The molecule has 5 nitrogen and oxygen atoms in total. The second-order valence-corrected chi connectivity index (χ2v) is 6.99. The Bertz CT molecular complexity index is 742. The highest BCUT2D eigenvalue weighted by Gasteiger charge is 2.25. The van der Waals surface area contributed by atoms with E-state index in [0.717, 1.165) is 37.3 Å². The van der Waals surface area contributed by atoms with Crippen LogP contribution in [-0.4, -0.2) is 40.3 Å². The summed E-state index contributed by atoms with van der Waals surface area (Å²) in [6, 6.07) is 8.09. The molecule has 1 aromatic heterocycles. The SMILES string of the molecule is Cc1cc(C)n(CCC(=O)N2CCC(CCOc3ccc(F)cc3)C2)n1. The molecule has 3 rings (SSSR count). The zero-order chi connectivity index (χ0) is 18.5. The summed E-state index contributed by atoms with van der Waals surface area (Å²) in [5, 5.41) is 4.40. The van der Waals surface area contributed by atoms with Crippen molar-refractivity contribution in [1.29, 1.82) is 0 Å². The first-order chi connectivity index (χ1) is 12.5. The van der Waals surface area contributed by atoms with Crippen molar-refractivity contribution in [2.45, 2.75) is 39.7 Å². The van der Waals surface area contributed by atoms with Gasteiger partial charge in [-0.3, -0.25) is 9.48 Å². The average Bonchev–Trinajstić information content (AvgIpc) is 3.21. The molecule has 1 aliphatic rings. The number of nitrogens with zero attached hydrogens (tertiary/aromatic N) is 3. The van der Waals surface area contributed by atoms with Gasteiger partial charge in [-0.15, -0.1) is 0 Å². The number of halogens is 1. The number of aryl methyl sites for hydroxylation is 3. The van der Waals surface area contributed by atoms with E-state index < -0.39 is 0 Å². The van der Waals surface area contributed by atoms with Crippen molar-refractivity contribution in [1.82, 2.24) is 14.7 Å². The second-order valence-electron chi connectivity index (χ2n) is 6.99. The summed E-state index contributed by atoms with van der Waals surface area (Å²) in [7, 11) is 0. The number of rotatable bonds is 7. The van der Waals surface area contributed by atoms with Gasteiger partial charge in [-0.2, -0.15) is 5.10 Å². The quantitative estimate of drug-likeness (QED) is 0.762. The van der Waals surface area contributed by atoms with Crippen LogP contribution in [0.25, 0.3) is 0 Å². The first kappa shape index (κ1) is 18.4. The van der Waals surface area contributed by atoms with Gasteiger partial charge in [0.2, 0.25) is 5.91 Å². The van der Waals surface area contributed by atoms with Crippen molar-refractivity contribution in [3.63, 3.8) is 0 Å². The summed E-state index contributed by atoms with van der Waals surface area (Å²) in [6.45, 7) is 6.80. The predicted octanol–water partition coefficient (Wildman–Crippen LogP) is 3.35. The molecule has 1 unspecified atom stereocenters. The van der Waals surface area contributed by atoms with Gasteiger partial charge in [0, 0.05) is 31.7 Å². The first-order valence-corrected chi connectivity index (χ1v) is 9.18. The third-order valence-electron chi connectivity index (χ3n) is 4.89. The van der Waals surface area contributed by atoms with Gasteiger partial charge in [-0.25, -0.2) is 4.39 Å². The Labute approximate surface area is 153 Å². The topological polar surface area (TPSA) is 47.4 Å². The molecule has 1 saturated heterocycles. The molecule has 1 amide bonds. The molecule has 0 radical (unpaired) electrons. The Morgan fingerprint density at radius 3 is 2.77 bits per heavy atom. The minimum atomic E-state index is -0.261. The van der Waals surface area contributed by atoms with Crippen molar-refractivity contribution in [2.75, 3.05) is 19.7 Å². The molecule has 0 bridgehead atoms. The first-order valence-electron chi connectivity index (χ1n) is 9.18. The molecule has 1 fully saturated rings. The Kier molecular flexibility index (Phi) is 5.91. The Hall–Kier alpha value is -2.37. The van der Waals surface area contributed by atoms with E-state index in [9.17, 15) is 9.18 Å². The van der Waals surface area contributed by atoms with Gasteiger partial charge < -0.3 is 9.64 Å². The summed E-state index contributed by atoms with van der Waals surface area (Å²) in [5.41, 5.74) is 2.07. The number of likely N-dealkylation sites (tertiary alicyclic amines) is 1. The number of hydrogen-bond acceptors (Lipinski definition) is 3.